The number of benzene rings is 1. The van der Waals surface area contributed by atoms with Gasteiger partial charge in [0, 0.05) is 17.0 Å². The van der Waals surface area contributed by atoms with E-state index in [1.54, 1.807) is 19.2 Å². The summed E-state index contributed by atoms with van der Waals surface area (Å²) in [7, 11) is 0. The van der Waals surface area contributed by atoms with Crippen LogP contribution in [0.25, 0.3) is 10.8 Å². The van der Waals surface area contributed by atoms with E-state index in [2.05, 4.69) is 4.98 Å². The van der Waals surface area contributed by atoms with Crippen molar-refractivity contribution in [1.82, 2.24) is 4.98 Å². The highest BCUT2D eigenvalue weighted by atomic mass is 16.5. The van der Waals surface area contributed by atoms with E-state index in [1.165, 1.54) is 0 Å². The minimum Gasteiger partial charge on any atom is -0.505 e. The Morgan fingerprint density at radius 1 is 1.47 bits per heavy atom. The van der Waals surface area contributed by atoms with E-state index < -0.39 is 5.97 Å². The Kier molecular flexibility index (Phi) is 2.95. The number of carbonyl (C=O) groups excluding carboxylic acids is 1. The van der Waals surface area contributed by atoms with Crippen LogP contribution in [0.2, 0.25) is 0 Å². The molecule has 1 aromatic carbocycles. The number of pyridine rings is 1. The third kappa shape index (κ3) is 2.06. The first kappa shape index (κ1) is 11.4. The van der Waals surface area contributed by atoms with Crippen molar-refractivity contribution in [3.63, 3.8) is 0 Å². The molecule has 0 unspecified atom stereocenters. The Morgan fingerprint density at radius 2 is 2.24 bits per heavy atom. The number of aryl methyl sites for hydroxylation is 1. The van der Waals surface area contributed by atoms with Crippen LogP contribution in [0, 0.1) is 6.92 Å². The van der Waals surface area contributed by atoms with Crippen LogP contribution in [0.1, 0.15) is 23.0 Å². The highest BCUT2D eigenvalue weighted by Gasteiger charge is 2.16. The van der Waals surface area contributed by atoms with Crippen LogP contribution >= 0.6 is 0 Å². The molecule has 0 saturated carbocycles. The first-order chi connectivity index (χ1) is 8.13. The van der Waals surface area contributed by atoms with Crippen molar-refractivity contribution in [3.05, 3.63) is 35.7 Å². The fourth-order valence-electron chi connectivity index (χ4n) is 1.68. The van der Waals surface area contributed by atoms with Crippen molar-refractivity contribution in [2.45, 2.75) is 13.8 Å². The molecule has 0 radical (unpaired) electrons. The van der Waals surface area contributed by atoms with Crippen molar-refractivity contribution < 1.29 is 14.6 Å². The summed E-state index contributed by atoms with van der Waals surface area (Å²) in [4.78, 5) is 15.5. The van der Waals surface area contributed by atoms with Gasteiger partial charge in [0.2, 0.25) is 0 Å². The van der Waals surface area contributed by atoms with E-state index >= 15 is 0 Å². The molecule has 0 aliphatic carbocycles. The molecule has 2 aromatic rings. The third-order valence-corrected chi connectivity index (χ3v) is 2.49. The van der Waals surface area contributed by atoms with Gasteiger partial charge in [-0.1, -0.05) is 17.7 Å². The van der Waals surface area contributed by atoms with Gasteiger partial charge in [-0.2, -0.15) is 0 Å². The lowest BCUT2D eigenvalue weighted by Gasteiger charge is -2.06. The molecule has 1 heterocycles. The van der Waals surface area contributed by atoms with Gasteiger partial charge in [0.15, 0.2) is 11.4 Å². The van der Waals surface area contributed by atoms with Crippen LogP contribution in [-0.4, -0.2) is 22.7 Å². The maximum absolute atomic E-state index is 11.5. The first-order valence-electron chi connectivity index (χ1n) is 5.39. The summed E-state index contributed by atoms with van der Waals surface area (Å²) in [6.07, 6.45) is 1.56. The zero-order chi connectivity index (χ0) is 12.4. The molecule has 1 aromatic heterocycles. The monoisotopic (exact) mass is 231 g/mol. The van der Waals surface area contributed by atoms with E-state index in [0.29, 0.717) is 5.39 Å². The zero-order valence-electron chi connectivity index (χ0n) is 9.73. The number of nitrogens with zero attached hydrogens (tertiary/aromatic N) is 1. The standard InChI is InChI=1S/C13H13NO3/c1-3-17-13(16)11-12(15)10-5-4-8(2)6-9(10)7-14-11/h4-7,15H,3H2,1-2H3. The minimum atomic E-state index is -0.604. The molecule has 0 fully saturated rings. The van der Waals surface area contributed by atoms with Crippen molar-refractivity contribution in [3.8, 4) is 5.75 Å². The van der Waals surface area contributed by atoms with Gasteiger partial charge in [-0.25, -0.2) is 9.78 Å². The Hall–Kier alpha value is -2.10. The molecule has 1 N–H and O–H groups in total. The second-order valence-electron chi connectivity index (χ2n) is 3.77. The molecule has 88 valence electrons. The zero-order valence-corrected chi connectivity index (χ0v) is 9.73. The predicted octanol–water partition coefficient (Wildman–Crippen LogP) is 2.43. The number of rotatable bonds is 2. The maximum atomic E-state index is 11.5. The van der Waals surface area contributed by atoms with Gasteiger partial charge in [0.1, 0.15) is 0 Å². The van der Waals surface area contributed by atoms with Crippen molar-refractivity contribution in [1.29, 1.82) is 0 Å². The van der Waals surface area contributed by atoms with E-state index in [0.717, 1.165) is 10.9 Å². The molecular weight excluding hydrogens is 218 g/mol. The van der Waals surface area contributed by atoms with Gasteiger partial charge in [0.05, 0.1) is 6.61 Å². The summed E-state index contributed by atoms with van der Waals surface area (Å²) in [5, 5.41) is 11.4. The summed E-state index contributed by atoms with van der Waals surface area (Å²) in [6.45, 7) is 3.92. The van der Waals surface area contributed by atoms with Crippen molar-refractivity contribution in [2.75, 3.05) is 6.61 Å². The highest BCUT2D eigenvalue weighted by molar-refractivity contribution is 5.98. The second kappa shape index (κ2) is 4.41. The SMILES string of the molecule is CCOC(=O)c1ncc2cc(C)ccc2c1O. The Morgan fingerprint density at radius 3 is 2.94 bits per heavy atom. The molecule has 0 aliphatic rings. The lowest BCUT2D eigenvalue weighted by molar-refractivity contribution is 0.0516. The van der Waals surface area contributed by atoms with E-state index in [-0.39, 0.29) is 18.1 Å². The fraction of sp³-hybridized carbons (Fsp3) is 0.231. The average molecular weight is 231 g/mol. The summed E-state index contributed by atoms with van der Waals surface area (Å²) < 4.78 is 4.82. The van der Waals surface area contributed by atoms with Crippen LogP contribution < -0.4 is 0 Å². The van der Waals surface area contributed by atoms with Crippen LogP contribution in [0.3, 0.4) is 0 Å². The van der Waals surface area contributed by atoms with E-state index in [4.69, 9.17) is 4.74 Å². The van der Waals surface area contributed by atoms with Gasteiger partial charge in [-0.3, -0.25) is 0 Å². The quantitative estimate of drug-likeness (QED) is 0.806. The molecular formula is C13H13NO3. The number of aromatic hydroxyl groups is 1. The van der Waals surface area contributed by atoms with Crippen LogP contribution in [0.15, 0.2) is 24.4 Å². The van der Waals surface area contributed by atoms with Crippen molar-refractivity contribution >= 4 is 16.7 Å². The largest absolute Gasteiger partial charge is 0.505 e. The third-order valence-electron chi connectivity index (χ3n) is 2.49. The summed E-state index contributed by atoms with van der Waals surface area (Å²) >= 11 is 0. The molecule has 0 aliphatic heterocycles. The smallest absolute Gasteiger partial charge is 0.360 e. The molecule has 17 heavy (non-hydrogen) atoms. The molecule has 4 heteroatoms. The van der Waals surface area contributed by atoms with Crippen LogP contribution in [0.5, 0.6) is 5.75 Å². The molecule has 0 atom stereocenters. The normalized spacial score (nSPS) is 10.5. The number of fused-ring (bicyclic) bond motifs is 1. The second-order valence-corrected chi connectivity index (χ2v) is 3.77. The minimum absolute atomic E-state index is 0.0387. The van der Waals surface area contributed by atoms with Gasteiger partial charge < -0.3 is 9.84 Å². The lowest BCUT2D eigenvalue weighted by atomic mass is 10.1. The Bertz CT molecular complexity index is 578. The van der Waals surface area contributed by atoms with Gasteiger partial charge >= 0.3 is 5.97 Å². The van der Waals surface area contributed by atoms with Gasteiger partial charge in [-0.15, -0.1) is 0 Å². The summed E-state index contributed by atoms with van der Waals surface area (Å²) in [5.41, 5.74) is 1.03. The number of hydrogen-bond acceptors (Lipinski definition) is 4. The Balaban J connectivity index is 2.58. The topological polar surface area (TPSA) is 59.4 Å². The number of ether oxygens (including phenoxy) is 1. The summed E-state index contributed by atoms with van der Waals surface area (Å²) in [6, 6.07) is 5.54. The fourth-order valence-corrected chi connectivity index (χ4v) is 1.68. The van der Waals surface area contributed by atoms with E-state index in [1.807, 2.05) is 19.1 Å². The Labute approximate surface area is 98.9 Å². The van der Waals surface area contributed by atoms with Crippen molar-refractivity contribution in [2.24, 2.45) is 0 Å². The van der Waals surface area contributed by atoms with Gasteiger partial charge in [-0.05, 0) is 19.9 Å². The number of hydrogen-bond donors (Lipinski definition) is 1. The van der Waals surface area contributed by atoms with Crippen LogP contribution in [0.4, 0.5) is 0 Å². The lowest BCUT2D eigenvalue weighted by Crippen LogP contribution is -2.07. The number of esters is 1. The predicted molar refractivity (Wildman–Crippen MR) is 64.1 cm³/mol. The van der Waals surface area contributed by atoms with Crippen LogP contribution in [-0.2, 0) is 4.74 Å². The maximum Gasteiger partial charge on any atom is 0.360 e. The molecule has 0 spiro atoms. The molecule has 2 rings (SSSR count). The number of aromatic nitrogens is 1. The average Bonchev–Trinajstić information content (AvgIpc) is 2.29. The molecule has 0 bridgehead atoms. The van der Waals surface area contributed by atoms with E-state index in [9.17, 15) is 9.90 Å². The molecule has 0 amide bonds. The number of carbonyl (C=O) groups is 1. The highest BCUT2D eigenvalue weighted by Crippen LogP contribution is 2.27. The summed E-state index contributed by atoms with van der Waals surface area (Å²) in [5.74, 6) is -0.728. The first-order valence-corrected chi connectivity index (χ1v) is 5.39. The molecule has 4 nitrogen and oxygen atoms in total. The molecule has 0 saturated heterocycles. The van der Waals surface area contributed by atoms with Gasteiger partial charge in [0.25, 0.3) is 0 Å².